The van der Waals surface area contributed by atoms with E-state index in [9.17, 15) is 19.1 Å². The molecule has 0 saturated heterocycles. The van der Waals surface area contributed by atoms with Gasteiger partial charge in [0, 0.05) is 30.7 Å². The van der Waals surface area contributed by atoms with Crippen LogP contribution in [0.1, 0.15) is 33.6 Å². The number of carbonyl (C=O) groups is 2. The quantitative estimate of drug-likeness (QED) is 0.680. The van der Waals surface area contributed by atoms with Gasteiger partial charge in [-0.2, -0.15) is 0 Å². The monoisotopic (exact) mass is 433 g/mol. The van der Waals surface area contributed by atoms with Crippen LogP contribution in [0.25, 0.3) is 11.3 Å². The minimum absolute atomic E-state index is 0.0187. The number of nitrogens with zero attached hydrogens (tertiary/aromatic N) is 1. The zero-order valence-corrected chi connectivity index (χ0v) is 17.5. The van der Waals surface area contributed by atoms with Gasteiger partial charge >= 0.3 is 5.97 Å². The highest BCUT2D eigenvalue weighted by Crippen LogP contribution is 2.35. The third-order valence-corrected chi connectivity index (χ3v) is 4.74. The second-order valence-corrected chi connectivity index (χ2v) is 8.38. The molecule has 0 amide bonds. The van der Waals surface area contributed by atoms with Gasteiger partial charge in [0.25, 0.3) is 0 Å². The normalized spacial score (nSPS) is 16.6. The number of benzene rings is 1. The van der Waals surface area contributed by atoms with Gasteiger partial charge < -0.3 is 14.6 Å². The predicted octanol–water partition coefficient (Wildman–Crippen LogP) is 4.83. The summed E-state index contributed by atoms with van der Waals surface area (Å²) < 4.78 is 24.8. The summed E-state index contributed by atoms with van der Waals surface area (Å²) in [6.07, 6.45) is 2.43. The summed E-state index contributed by atoms with van der Waals surface area (Å²) in [4.78, 5) is 28.1. The Morgan fingerprint density at radius 2 is 2.03 bits per heavy atom. The first kappa shape index (κ1) is 21.8. The number of rotatable bonds is 5. The number of halogens is 2. The number of hydrogen-bond acceptors (Lipinski definition) is 6. The van der Waals surface area contributed by atoms with E-state index in [0.29, 0.717) is 24.2 Å². The van der Waals surface area contributed by atoms with Crippen LogP contribution in [0, 0.1) is 11.2 Å². The molecule has 0 spiro atoms. The molecule has 8 heteroatoms. The Bertz CT molecular complexity index is 1030. The van der Waals surface area contributed by atoms with E-state index in [1.165, 1.54) is 37.4 Å². The number of pyridine rings is 1. The lowest BCUT2D eigenvalue weighted by Gasteiger charge is -2.28. The largest absolute Gasteiger partial charge is 0.504 e. The van der Waals surface area contributed by atoms with Crippen molar-refractivity contribution < 1.29 is 28.6 Å². The molecule has 0 aliphatic heterocycles. The Hall–Kier alpha value is -2.93. The maximum Gasteiger partial charge on any atom is 0.352 e. The Balaban J connectivity index is 1.70. The van der Waals surface area contributed by atoms with Crippen molar-refractivity contribution >= 4 is 23.4 Å². The number of esters is 1. The van der Waals surface area contributed by atoms with E-state index in [0.717, 1.165) is 6.07 Å². The van der Waals surface area contributed by atoms with Crippen LogP contribution >= 0.6 is 11.6 Å². The molecule has 1 aliphatic rings. The van der Waals surface area contributed by atoms with Crippen molar-refractivity contribution in [3.05, 3.63) is 53.1 Å². The van der Waals surface area contributed by atoms with E-state index >= 15 is 0 Å². The molecule has 1 N–H and O–H groups in total. The molecule has 1 aromatic heterocycles. The Labute approximate surface area is 178 Å². The van der Waals surface area contributed by atoms with Crippen LogP contribution in [0.3, 0.4) is 0 Å². The molecule has 0 bridgehead atoms. The van der Waals surface area contributed by atoms with Crippen molar-refractivity contribution in [1.82, 2.24) is 4.98 Å². The van der Waals surface area contributed by atoms with Crippen molar-refractivity contribution in [2.24, 2.45) is 5.41 Å². The van der Waals surface area contributed by atoms with Gasteiger partial charge in [0.1, 0.15) is 11.5 Å². The van der Waals surface area contributed by atoms with Gasteiger partial charge in [0.15, 0.2) is 29.2 Å². The molecule has 0 saturated carbocycles. The van der Waals surface area contributed by atoms with Gasteiger partial charge in [0.05, 0.1) is 5.02 Å². The number of aromatic hydroxyl groups is 1. The minimum Gasteiger partial charge on any atom is -0.504 e. The third kappa shape index (κ3) is 5.16. The van der Waals surface area contributed by atoms with Gasteiger partial charge in [-0.15, -0.1) is 0 Å². The van der Waals surface area contributed by atoms with Crippen LogP contribution in [0.4, 0.5) is 4.39 Å². The number of allylic oxidation sites excluding steroid dienone is 2. The van der Waals surface area contributed by atoms with Gasteiger partial charge in [-0.05, 0) is 36.6 Å². The van der Waals surface area contributed by atoms with Crippen molar-refractivity contribution in [2.75, 3.05) is 0 Å². The van der Waals surface area contributed by atoms with Crippen LogP contribution in [0.2, 0.25) is 5.02 Å². The lowest BCUT2D eigenvalue weighted by Crippen LogP contribution is -2.29. The first-order valence-electron chi connectivity index (χ1n) is 9.30. The molecule has 2 aromatic rings. The van der Waals surface area contributed by atoms with Crippen LogP contribution in [-0.2, 0) is 14.3 Å². The third-order valence-electron chi connectivity index (χ3n) is 4.54. The molecular formula is C22H21ClFNO5. The molecular weight excluding hydrogens is 413 g/mol. The Kier molecular flexibility index (Phi) is 6.12. The molecule has 6 nitrogen and oxygen atoms in total. The summed E-state index contributed by atoms with van der Waals surface area (Å²) in [5.74, 6) is -1.41. The van der Waals surface area contributed by atoms with Crippen molar-refractivity contribution in [3.8, 4) is 22.8 Å². The summed E-state index contributed by atoms with van der Waals surface area (Å²) in [5, 5.41) is 10.4. The van der Waals surface area contributed by atoms with E-state index in [2.05, 4.69) is 4.98 Å². The van der Waals surface area contributed by atoms with Crippen LogP contribution in [0.5, 0.6) is 11.5 Å². The summed E-state index contributed by atoms with van der Waals surface area (Å²) in [6, 6.07) is 5.29. The average Bonchev–Trinajstić information content (AvgIpc) is 2.61. The van der Waals surface area contributed by atoms with E-state index in [-0.39, 0.29) is 33.4 Å². The Morgan fingerprint density at radius 3 is 2.67 bits per heavy atom. The SMILES string of the molecule is CC(Oc1ccc(-c2ncc(Cl)cc2F)cc1O)C(=O)OC1=CC(=O)CC(C)(C)C1. The van der Waals surface area contributed by atoms with Crippen LogP contribution in [0.15, 0.2) is 42.3 Å². The first-order chi connectivity index (χ1) is 14.0. The molecule has 3 rings (SSSR count). The van der Waals surface area contributed by atoms with Crippen molar-refractivity contribution in [1.29, 1.82) is 0 Å². The molecule has 158 valence electrons. The molecule has 1 unspecified atom stereocenters. The van der Waals surface area contributed by atoms with Crippen molar-refractivity contribution in [3.63, 3.8) is 0 Å². The first-order valence-corrected chi connectivity index (χ1v) is 9.68. The number of phenolic OH excluding ortho intramolecular Hbond substituents is 1. The fourth-order valence-electron chi connectivity index (χ4n) is 3.20. The summed E-state index contributed by atoms with van der Waals surface area (Å²) in [5.41, 5.74) is 0.0486. The minimum atomic E-state index is -1.05. The van der Waals surface area contributed by atoms with Gasteiger partial charge in [-0.25, -0.2) is 9.18 Å². The number of aromatic nitrogens is 1. The van der Waals surface area contributed by atoms with E-state index in [1.54, 1.807) is 0 Å². The second kappa shape index (κ2) is 8.44. The standard InChI is InChI=1S/C22H21ClFNO5/c1-12(21(28)30-16-8-15(26)9-22(2,3)10-16)29-19-5-4-13(6-18(19)27)20-17(24)7-14(23)11-25-20/h4-8,11-12,27H,9-10H2,1-3H3. The maximum atomic E-state index is 14.0. The summed E-state index contributed by atoms with van der Waals surface area (Å²) >= 11 is 5.70. The second-order valence-electron chi connectivity index (χ2n) is 7.94. The topological polar surface area (TPSA) is 85.7 Å². The molecule has 0 radical (unpaired) electrons. The highest BCUT2D eigenvalue weighted by molar-refractivity contribution is 6.30. The number of hydrogen-bond donors (Lipinski definition) is 1. The average molecular weight is 434 g/mol. The van der Waals surface area contributed by atoms with E-state index < -0.39 is 17.9 Å². The van der Waals surface area contributed by atoms with E-state index in [4.69, 9.17) is 21.1 Å². The lowest BCUT2D eigenvalue weighted by molar-refractivity contribution is -0.147. The zero-order chi connectivity index (χ0) is 22.1. The summed E-state index contributed by atoms with van der Waals surface area (Å²) in [6.45, 7) is 5.31. The molecule has 1 aliphatic carbocycles. The molecule has 30 heavy (non-hydrogen) atoms. The molecule has 0 fully saturated rings. The summed E-state index contributed by atoms with van der Waals surface area (Å²) in [7, 11) is 0. The van der Waals surface area contributed by atoms with Gasteiger partial charge in [0.2, 0.25) is 0 Å². The highest BCUT2D eigenvalue weighted by atomic mass is 35.5. The predicted molar refractivity (Wildman–Crippen MR) is 109 cm³/mol. The smallest absolute Gasteiger partial charge is 0.352 e. The number of carbonyl (C=O) groups excluding carboxylic acids is 2. The highest BCUT2D eigenvalue weighted by Gasteiger charge is 2.30. The molecule has 1 atom stereocenters. The molecule has 1 heterocycles. The van der Waals surface area contributed by atoms with Gasteiger partial charge in [-0.3, -0.25) is 9.78 Å². The maximum absolute atomic E-state index is 14.0. The van der Waals surface area contributed by atoms with Gasteiger partial charge in [-0.1, -0.05) is 25.4 Å². The van der Waals surface area contributed by atoms with Crippen LogP contribution in [-0.4, -0.2) is 27.9 Å². The van der Waals surface area contributed by atoms with Crippen LogP contribution < -0.4 is 4.74 Å². The lowest BCUT2D eigenvalue weighted by atomic mass is 9.79. The fourth-order valence-corrected chi connectivity index (χ4v) is 3.34. The number of ether oxygens (including phenoxy) is 2. The van der Waals surface area contributed by atoms with Crippen molar-refractivity contribution in [2.45, 2.75) is 39.7 Å². The Morgan fingerprint density at radius 1 is 1.30 bits per heavy atom. The number of ketones is 1. The fraction of sp³-hybridized carbons (Fsp3) is 0.318. The molecule has 1 aromatic carbocycles. The zero-order valence-electron chi connectivity index (χ0n) is 16.7. The van der Waals surface area contributed by atoms with E-state index in [1.807, 2.05) is 13.8 Å². The number of phenols is 1.